The van der Waals surface area contributed by atoms with E-state index < -0.39 is 7.14 Å². The van der Waals surface area contributed by atoms with Gasteiger partial charge in [-0.05, 0) is 114 Å². The van der Waals surface area contributed by atoms with Crippen molar-refractivity contribution in [1.82, 2.24) is 0 Å². The average Bonchev–Trinajstić information content (AvgIpc) is 2.78. The van der Waals surface area contributed by atoms with Gasteiger partial charge < -0.3 is 18.8 Å². The van der Waals surface area contributed by atoms with Crippen LogP contribution in [0.3, 0.4) is 0 Å². The minimum atomic E-state index is -3.30. The van der Waals surface area contributed by atoms with E-state index in [9.17, 15) is 0 Å². The molecule has 0 amide bonds. The Labute approximate surface area is 205 Å². The average molecular weight is 531 g/mol. The summed E-state index contributed by atoms with van der Waals surface area (Å²) in [4.78, 5) is 0. The Hall–Kier alpha value is -2.23. The smallest absolute Gasteiger partial charge is 0.172 e. The molecule has 0 atom stereocenters. The molecule has 3 rings (SSSR count). The third-order valence-corrected chi connectivity index (χ3v) is 10.2. The summed E-state index contributed by atoms with van der Waals surface area (Å²) in [5.74, 6) is 2.30. The number of benzene rings is 3. The molecule has 0 aliphatic rings. The Kier molecular flexibility index (Phi) is 7.65. The first-order valence-electron chi connectivity index (χ1n) is 10.9. The lowest BCUT2D eigenvalue weighted by atomic mass is 10.1. The minimum Gasteiger partial charge on any atom is -0.496 e. The van der Waals surface area contributed by atoms with E-state index in [-0.39, 0.29) is 0 Å². The zero-order valence-electron chi connectivity index (χ0n) is 20.6. The molecular formula is C27H32BrO4P. The number of halogens is 1. The summed E-state index contributed by atoms with van der Waals surface area (Å²) in [7, 11) is 1.66. The summed E-state index contributed by atoms with van der Waals surface area (Å²) in [5.41, 5.74) is 4.86. The highest BCUT2D eigenvalue weighted by molar-refractivity contribution is 9.10. The Morgan fingerprint density at radius 3 is 1.48 bits per heavy atom. The van der Waals surface area contributed by atoms with Crippen molar-refractivity contribution in [3.63, 3.8) is 0 Å². The second kappa shape index (κ2) is 9.95. The minimum absolute atomic E-state index is 0.675. The van der Waals surface area contributed by atoms with E-state index in [1.54, 1.807) is 21.3 Å². The van der Waals surface area contributed by atoms with Crippen LogP contribution in [0.15, 0.2) is 40.9 Å². The SMILES string of the molecule is CCc1cc(OC)c(Br)c(P(=O)(c2cc(C)c(OC)c(C)c2)c2cc(C)c(OC)c(C)c2)c1. The Balaban J connectivity index is 2.48. The van der Waals surface area contributed by atoms with Crippen LogP contribution < -0.4 is 30.1 Å². The molecule has 0 spiro atoms. The molecule has 176 valence electrons. The van der Waals surface area contributed by atoms with Gasteiger partial charge in [0.25, 0.3) is 0 Å². The van der Waals surface area contributed by atoms with Gasteiger partial charge in [0.1, 0.15) is 17.2 Å². The van der Waals surface area contributed by atoms with Gasteiger partial charge in [0.15, 0.2) is 7.14 Å². The molecule has 0 N–H and O–H groups in total. The van der Waals surface area contributed by atoms with Crippen LogP contribution in [0, 0.1) is 27.7 Å². The summed E-state index contributed by atoms with van der Waals surface area (Å²) in [6.45, 7) is 10.0. The van der Waals surface area contributed by atoms with Crippen molar-refractivity contribution in [1.29, 1.82) is 0 Å². The Morgan fingerprint density at radius 2 is 1.15 bits per heavy atom. The van der Waals surface area contributed by atoms with Crippen LogP contribution in [-0.2, 0) is 11.0 Å². The van der Waals surface area contributed by atoms with Gasteiger partial charge in [-0.3, -0.25) is 0 Å². The molecule has 3 aromatic rings. The monoisotopic (exact) mass is 530 g/mol. The number of hydrogen-bond acceptors (Lipinski definition) is 4. The maximum atomic E-state index is 15.4. The molecule has 3 aromatic carbocycles. The van der Waals surface area contributed by atoms with Crippen LogP contribution in [0.1, 0.15) is 34.7 Å². The molecular weight excluding hydrogens is 499 g/mol. The summed E-state index contributed by atoms with van der Waals surface area (Å²) < 4.78 is 33.0. The molecule has 33 heavy (non-hydrogen) atoms. The van der Waals surface area contributed by atoms with Crippen LogP contribution >= 0.6 is 23.1 Å². The van der Waals surface area contributed by atoms with Gasteiger partial charge in [-0.2, -0.15) is 0 Å². The molecule has 0 fully saturated rings. The van der Waals surface area contributed by atoms with Crippen molar-refractivity contribution in [3.05, 3.63) is 68.7 Å². The van der Waals surface area contributed by atoms with E-state index in [1.807, 2.05) is 64.1 Å². The topological polar surface area (TPSA) is 44.8 Å². The van der Waals surface area contributed by atoms with E-state index in [2.05, 4.69) is 22.9 Å². The molecule has 0 radical (unpaired) electrons. The number of hydrogen-bond donors (Lipinski definition) is 0. The molecule has 0 unspecified atom stereocenters. The molecule has 0 aliphatic heterocycles. The van der Waals surface area contributed by atoms with Gasteiger partial charge in [0.05, 0.1) is 25.8 Å². The summed E-state index contributed by atoms with van der Waals surface area (Å²) in [5, 5.41) is 2.25. The number of methoxy groups -OCH3 is 3. The fourth-order valence-electron chi connectivity index (χ4n) is 4.51. The molecule has 0 saturated heterocycles. The van der Waals surface area contributed by atoms with Gasteiger partial charge in [-0.25, -0.2) is 0 Å². The second-order valence-electron chi connectivity index (χ2n) is 8.32. The first kappa shape index (κ1) is 25.4. The zero-order chi connectivity index (χ0) is 24.5. The molecule has 0 aromatic heterocycles. The Bertz CT molecular complexity index is 1140. The van der Waals surface area contributed by atoms with Gasteiger partial charge >= 0.3 is 0 Å². The largest absolute Gasteiger partial charge is 0.496 e. The van der Waals surface area contributed by atoms with E-state index in [4.69, 9.17) is 14.2 Å². The predicted octanol–water partition coefficient (Wildman–Crippen LogP) is 5.91. The lowest BCUT2D eigenvalue weighted by Gasteiger charge is -2.25. The van der Waals surface area contributed by atoms with E-state index in [1.165, 1.54) is 0 Å². The van der Waals surface area contributed by atoms with E-state index in [0.29, 0.717) is 10.2 Å². The maximum Gasteiger partial charge on any atom is 0.172 e. The second-order valence-corrected chi connectivity index (χ2v) is 11.8. The van der Waals surface area contributed by atoms with Gasteiger partial charge in [0.2, 0.25) is 0 Å². The molecule has 4 nitrogen and oxygen atoms in total. The lowest BCUT2D eigenvalue weighted by Crippen LogP contribution is -2.28. The maximum absolute atomic E-state index is 15.4. The molecule has 0 bridgehead atoms. The molecule has 6 heteroatoms. The number of rotatable bonds is 7. The first-order chi connectivity index (χ1) is 15.6. The summed E-state index contributed by atoms with van der Waals surface area (Å²) in [6.07, 6.45) is 0.804. The van der Waals surface area contributed by atoms with Gasteiger partial charge in [-0.15, -0.1) is 0 Å². The molecule has 0 saturated carbocycles. The third kappa shape index (κ3) is 4.46. The third-order valence-electron chi connectivity index (χ3n) is 6.07. The predicted molar refractivity (Wildman–Crippen MR) is 142 cm³/mol. The normalized spacial score (nSPS) is 11.4. The van der Waals surface area contributed by atoms with Crippen LogP contribution in [0.25, 0.3) is 0 Å². The van der Waals surface area contributed by atoms with Crippen LogP contribution in [0.4, 0.5) is 0 Å². The van der Waals surface area contributed by atoms with E-state index in [0.717, 1.165) is 61.7 Å². The van der Waals surface area contributed by atoms with Gasteiger partial charge in [-0.1, -0.05) is 6.92 Å². The van der Waals surface area contributed by atoms with Crippen LogP contribution in [0.5, 0.6) is 17.2 Å². The van der Waals surface area contributed by atoms with Crippen LogP contribution in [-0.4, -0.2) is 21.3 Å². The van der Waals surface area contributed by atoms with Gasteiger partial charge in [0, 0.05) is 15.9 Å². The first-order valence-corrected chi connectivity index (χ1v) is 13.4. The lowest BCUT2D eigenvalue weighted by molar-refractivity contribution is 0.408. The summed E-state index contributed by atoms with van der Waals surface area (Å²) in [6, 6.07) is 12.0. The van der Waals surface area contributed by atoms with Crippen molar-refractivity contribution >= 4 is 39.0 Å². The van der Waals surface area contributed by atoms with Crippen molar-refractivity contribution in [2.45, 2.75) is 41.0 Å². The standard InChI is InChI=1S/C27H32BrO4P/c1-9-20-14-23(30-6)25(28)24(15-20)33(29,21-10-16(2)26(31-7)17(3)11-21)22-12-18(4)27(32-8)19(5)13-22/h10-15H,9H2,1-8H3. The highest BCUT2D eigenvalue weighted by atomic mass is 79.9. The van der Waals surface area contributed by atoms with Crippen molar-refractivity contribution in [2.24, 2.45) is 0 Å². The quantitative estimate of drug-likeness (QED) is 0.356. The molecule has 0 aliphatic carbocycles. The highest BCUT2D eigenvalue weighted by Gasteiger charge is 2.35. The number of aryl methyl sites for hydroxylation is 5. The van der Waals surface area contributed by atoms with E-state index >= 15 is 4.57 Å². The van der Waals surface area contributed by atoms with Crippen molar-refractivity contribution < 1.29 is 18.8 Å². The van der Waals surface area contributed by atoms with Crippen LogP contribution in [0.2, 0.25) is 0 Å². The number of ether oxygens (including phenoxy) is 3. The highest BCUT2D eigenvalue weighted by Crippen LogP contribution is 2.48. The van der Waals surface area contributed by atoms with Crippen molar-refractivity contribution in [2.75, 3.05) is 21.3 Å². The summed E-state index contributed by atoms with van der Waals surface area (Å²) >= 11 is 3.72. The van der Waals surface area contributed by atoms with Crippen molar-refractivity contribution in [3.8, 4) is 17.2 Å². The fourth-order valence-corrected chi connectivity index (χ4v) is 8.74. The molecule has 0 heterocycles. The Morgan fingerprint density at radius 1 is 0.727 bits per heavy atom. The fraction of sp³-hybridized carbons (Fsp3) is 0.333. The zero-order valence-corrected chi connectivity index (χ0v) is 23.1.